The van der Waals surface area contributed by atoms with Gasteiger partial charge in [-0.05, 0) is 6.07 Å². The molecule has 4 heterocycles. The lowest BCUT2D eigenvalue weighted by Crippen LogP contribution is -2.52. The molecular formula is C14H13N7OS. The predicted octanol–water partition coefficient (Wildman–Crippen LogP) is 1.19. The monoisotopic (exact) mass is 327 g/mol. The van der Waals surface area contributed by atoms with E-state index in [1.807, 2.05) is 28.6 Å². The first-order chi connectivity index (χ1) is 11.3. The molecule has 3 aromatic rings. The van der Waals surface area contributed by atoms with Gasteiger partial charge in [0.25, 0.3) is 0 Å². The number of hydrogen-bond donors (Lipinski definition) is 1. The highest BCUT2D eigenvalue weighted by Crippen LogP contribution is 2.25. The molecule has 0 bridgehead atoms. The lowest BCUT2D eigenvalue weighted by Gasteiger charge is -2.38. The van der Waals surface area contributed by atoms with E-state index in [-0.39, 0.29) is 11.8 Å². The minimum absolute atomic E-state index is 0.00226. The minimum Gasteiger partial charge on any atom is -0.355 e. The van der Waals surface area contributed by atoms with E-state index < -0.39 is 0 Å². The molecule has 4 rings (SSSR count). The van der Waals surface area contributed by atoms with Crippen LogP contribution in [0.4, 0.5) is 10.9 Å². The first-order valence-corrected chi connectivity index (χ1v) is 7.95. The van der Waals surface area contributed by atoms with Crippen molar-refractivity contribution in [3.63, 3.8) is 0 Å². The average Bonchev–Trinajstić information content (AvgIpc) is 3.19. The summed E-state index contributed by atoms with van der Waals surface area (Å²) in [5, 5.41) is 9.45. The molecule has 0 aromatic carbocycles. The standard InChI is InChI=1S/C14H13N7OS/c22-13(19-14-15-3-5-23-14)10-7-20(8-10)11-6-12(17-9-16-11)21-4-1-2-18-21/h1-6,9-10H,7-8H2,(H,15,19,22). The number of anilines is 2. The molecule has 0 aliphatic carbocycles. The van der Waals surface area contributed by atoms with Crippen LogP contribution in [0.3, 0.4) is 0 Å². The third-order valence-corrected chi connectivity index (χ3v) is 4.30. The van der Waals surface area contributed by atoms with E-state index in [4.69, 9.17) is 0 Å². The Morgan fingerprint density at radius 2 is 2.09 bits per heavy atom. The lowest BCUT2D eigenvalue weighted by atomic mass is 9.99. The second kappa shape index (κ2) is 5.76. The lowest BCUT2D eigenvalue weighted by molar-refractivity contribution is -0.120. The Hall–Kier alpha value is -2.81. The normalized spacial score (nSPS) is 14.5. The maximum absolute atomic E-state index is 12.1. The van der Waals surface area contributed by atoms with E-state index in [1.165, 1.54) is 17.7 Å². The number of amides is 1. The molecule has 0 saturated carbocycles. The van der Waals surface area contributed by atoms with E-state index in [2.05, 4.69) is 25.4 Å². The summed E-state index contributed by atoms with van der Waals surface area (Å²) in [6.45, 7) is 1.26. The van der Waals surface area contributed by atoms with Gasteiger partial charge in [-0.3, -0.25) is 4.79 Å². The zero-order valence-electron chi connectivity index (χ0n) is 12.0. The van der Waals surface area contributed by atoms with Gasteiger partial charge in [0.05, 0.1) is 5.92 Å². The average molecular weight is 327 g/mol. The number of carbonyl (C=O) groups excluding carboxylic acids is 1. The summed E-state index contributed by atoms with van der Waals surface area (Å²) < 4.78 is 1.68. The van der Waals surface area contributed by atoms with Crippen LogP contribution >= 0.6 is 11.3 Å². The molecule has 3 aromatic heterocycles. The van der Waals surface area contributed by atoms with Gasteiger partial charge in [0.15, 0.2) is 10.9 Å². The highest BCUT2D eigenvalue weighted by Gasteiger charge is 2.34. The predicted molar refractivity (Wildman–Crippen MR) is 85.6 cm³/mol. The molecular weight excluding hydrogens is 314 g/mol. The quantitative estimate of drug-likeness (QED) is 0.774. The van der Waals surface area contributed by atoms with Crippen molar-refractivity contribution in [2.45, 2.75) is 0 Å². The fourth-order valence-electron chi connectivity index (χ4n) is 2.36. The Balaban J connectivity index is 1.40. The fourth-order valence-corrected chi connectivity index (χ4v) is 2.90. The molecule has 0 spiro atoms. The SMILES string of the molecule is O=C(Nc1nccs1)C1CN(c2cc(-n3cccn3)ncn2)C1. The topological polar surface area (TPSA) is 88.8 Å². The zero-order chi connectivity index (χ0) is 15.6. The van der Waals surface area contributed by atoms with E-state index in [9.17, 15) is 4.79 Å². The Labute approximate surface area is 135 Å². The summed E-state index contributed by atoms with van der Waals surface area (Å²) >= 11 is 1.41. The van der Waals surface area contributed by atoms with E-state index in [0.29, 0.717) is 24.0 Å². The zero-order valence-corrected chi connectivity index (χ0v) is 12.8. The van der Waals surface area contributed by atoms with Crippen LogP contribution in [0.5, 0.6) is 0 Å². The summed E-state index contributed by atoms with van der Waals surface area (Å²) in [6, 6.07) is 3.70. The molecule has 1 aliphatic rings. The molecule has 1 fully saturated rings. The number of thiazole rings is 1. The number of hydrogen-bond acceptors (Lipinski definition) is 7. The largest absolute Gasteiger partial charge is 0.355 e. The van der Waals surface area contributed by atoms with Gasteiger partial charge >= 0.3 is 0 Å². The molecule has 23 heavy (non-hydrogen) atoms. The number of aromatic nitrogens is 5. The van der Waals surface area contributed by atoms with Gasteiger partial charge < -0.3 is 10.2 Å². The van der Waals surface area contributed by atoms with Crippen molar-refractivity contribution in [1.29, 1.82) is 0 Å². The Morgan fingerprint density at radius 1 is 1.22 bits per heavy atom. The van der Waals surface area contributed by atoms with Crippen molar-refractivity contribution in [3.8, 4) is 5.82 Å². The second-order valence-corrected chi connectivity index (χ2v) is 6.01. The second-order valence-electron chi connectivity index (χ2n) is 5.11. The molecule has 1 saturated heterocycles. The summed E-state index contributed by atoms with van der Waals surface area (Å²) in [4.78, 5) is 26.7. The summed E-state index contributed by atoms with van der Waals surface area (Å²) in [7, 11) is 0. The minimum atomic E-state index is -0.0537. The third-order valence-electron chi connectivity index (χ3n) is 3.62. The number of nitrogens with zero attached hydrogens (tertiary/aromatic N) is 6. The highest BCUT2D eigenvalue weighted by atomic mass is 32.1. The third kappa shape index (κ3) is 2.78. The van der Waals surface area contributed by atoms with E-state index in [1.54, 1.807) is 17.1 Å². The van der Waals surface area contributed by atoms with Crippen LogP contribution in [-0.2, 0) is 4.79 Å². The van der Waals surface area contributed by atoms with Gasteiger partial charge in [-0.25, -0.2) is 19.6 Å². The van der Waals surface area contributed by atoms with Crippen LogP contribution < -0.4 is 10.2 Å². The van der Waals surface area contributed by atoms with Crippen molar-refractivity contribution in [3.05, 3.63) is 42.4 Å². The molecule has 0 unspecified atom stereocenters. The highest BCUT2D eigenvalue weighted by molar-refractivity contribution is 7.13. The number of carbonyl (C=O) groups is 1. The maximum atomic E-state index is 12.1. The number of nitrogens with one attached hydrogen (secondary N) is 1. The Bertz CT molecular complexity index is 796. The van der Waals surface area contributed by atoms with Crippen molar-refractivity contribution < 1.29 is 4.79 Å². The van der Waals surface area contributed by atoms with Gasteiger partial charge in [0, 0.05) is 43.1 Å². The van der Waals surface area contributed by atoms with Gasteiger partial charge in [-0.15, -0.1) is 11.3 Å². The first-order valence-electron chi connectivity index (χ1n) is 7.07. The van der Waals surface area contributed by atoms with Crippen molar-refractivity contribution in [2.24, 2.45) is 5.92 Å². The van der Waals surface area contributed by atoms with Crippen molar-refractivity contribution in [2.75, 3.05) is 23.3 Å². The van der Waals surface area contributed by atoms with Crippen LogP contribution in [0, 0.1) is 5.92 Å². The van der Waals surface area contributed by atoms with Crippen LogP contribution in [0.1, 0.15) is 0 Å². The maximum Gasteiger partial charge on any atom is 0.232 e. The summed E-state index contributed by atoms with van der Waals surface area (Å²) in [5.74, 6) is 1.44. The molecule has 1 aliphatic heterocycles. The van der Waals surface area contributed by atoms with Gasteiger partial charge in [-0.2, -0.15) is 5.10 Å². The smallest absolute Gasteiger partial charge is 0.232 e. The van der Waals surface area contributed by atoms with Crippen LogP contribution in [-0.4, -0.2) is 43.7 Å². The van der Waals surface area contributed by atoms with E-state index in [0.717, 1.165) is 5.82 Å². The van der Waals surface area contributed by atoms with E-state index >= 15 is 0 Å². The van der Waals surface area contributed by atoms with Crippen molar-refractivity contribution in [1.82, 2.24) is 24.7 Å². The first kappa shape index (κ1) is 13.8. The molecule has 1 N–H and O–H groups in total. The molecule has 0 atom stereocenters. The Morgan fingerprint density at radius 3 is 2.83 bits per heavy atom. The van der Waals surface area contributed by atoms with Crippen LogP contribution in [0.15, 0.2) is 42.4 Å². The van der Waals surface area contributed by atoms with Gasteiger partial charge in [-0.1, -0.05) is 0 Å². The fraction of sp³-hybridized carbons (Fsp3) is 0.214. The van der Waals surface area contributed by atoms with Crippen LogP contribution in [0.2, 0.25) is 0 Å². The molecule has 116 valence electrons. The molecule has 8 nitrogen and oxygen atoms in total. The molecule has 1 amide bonds. The number of rotatable bonds is 4. The van der Waals surface area contributed by atoms with Crippen molar-refractivity contribution >= 4 is 28.2 Å². The summed E-state index contributed by atoms with van der Waals surface area (Å²) in [5.41, 5.74) is 0. The molecule has 9 heteroatoms. The summed E-state index contributed by atoms with van der Waals surface area (Å²) in [6.07, 6.45) is 6.71. The Kier molecular flexibility index (Phi) is 3.46. The van der Waals surface area contributed by atoms with Gasteiger partial charge in [0.1, 0.15) is 12.1 Å². The molecule has 0 radical (unpaired) electrons. The van der Waals surface area contributed by atoms with Crippen LogP contribution in [0.25, 0.3) is 5.82 Å². The van der Waals surface area contributed by atoms with Gasteiger partial charge in [0.2, 0.25) is 5.91 Å².